The van der Waals surface area contributed by atoms with E-state index in [4.69, 9.17) is 0 Å². The van der Waals surface area contributed by atoms with Gasteiger partial charge < -0.3 is 15.5 Å². The third-order valence-electron chi connectivity index (χ3n) is 4.18. The second-order valence-corrected chi connectivity index (χ2v) is 6.35. The lowest BCUT2D eigenvalue weighted by Gasteiger charge is -2.21. The van der Waals surface area contributed by atoms with Crippen LogP contribution in [0.25, 0.3) is 0 Å². The van der Waals surface area contributed by atoms with Gasteiger partial charge in [-0.2, -0.15) is 4.98 Å². The zero-order chi connectivity index (χ0) is 16.9. The van der Waals surface area contributed by atoms with Crippen molar-refractivity contribution >= 4 is 17.5 Å². The summed E-state index contributed by atoms with van der Waals surface area (Å²) >= 11 is 0. The third-order valence-corrected chi connectivity index (χ3v) is 4.18. The summed E-state index contributed by atoms with van der Waals surface area (Å²) in [7, 11) is 0. The summed E-state index contributed by atoms with van der Waals surface area (Å²) < 4.78 is 13.8. The Morgan fingerprint density at radius 1 is 1.21 bits per heavy atom. The normalized spacial score (nSPS) is 15.4. The molecule has 1 saturated heterocycles. The molecule has 1 aromatic carbocycles. The molecule has 0 radical (unpaired) electrons. The van der Waals surface area contributed by atoms with E-state index in [1.165, 1.54) is 6.07 Å². The standard InChI is InChI=1S/C18H24FN5/c1-13(2)15-12-14(4-5-16(15)19)22-18-21-8-6-17(23-18)24-10-3-7-20-9-11-24/h4-6,8,12-13,20H,3,7,9-11H2,1-2H3,(H,21,22,23). The monoisotopic (exact) mass is 329 g/mol. The number of rotatable bonds is 4. The fourth-order valence-corrected chi connectivity index (χ4v) is 2.85. The van der Waals surface area contributed by atoms with Gasteiger partial charge in [0.15, 0.2) is 0 Å². The van der Waals surface area contributed by atoms with Crippen molar-refractivity contribution in [3.05, 3.63) is 41.8 Å². The quantitative estimate of drug-likeness (QED) is 0.901. The van der Waals surface area contributed by atoms with Crippen molar-refractivity contribution in [2.24, 2.45) is 0 Å². The van der Waals surface area contributed by atoms with Gasteiger partial charge in [-0.3, -0.25) is 0 Å². The van der Waals surface area contributed by atoms with E-state index in [9.17, 15) is 4.39 Å². The molecule has 0 spiro atoms. The van der Waals surface area contributed by atoms with Crippen molar-refractivity contribution in [1.29, 1.82) is 0 Å². The van der Waals surface area contributed by atoms with Gasteiger partial charge in [-0.25, -0.2) is 9.37 Å². The van der Waals surface area contributed by atoms with E-state index in [2.05, 4.69) is 25.5 Å². The summed E-state index contributed by atoms with van der Waals surface area (Å²) in [6.07, 6.45) is 2.86. The van der Waals surface area contributed by atoms with Gasteiger partial charge in [-0.1, -0.05) is 13.8 Å². The molecule has 2 aromatic rings. The van der Waals surface area contributed by atoms with Crippen LogP contribution in [-0.2, 0) is 0 Å². The first-order valence-corrected chi connectivity index (χ1v) is 8.48. The average molecular weight is 329 g/mol. The molecular weight excluding hydrogens is 305 g/mol. The zero-order valence-corrected chi connectivity index (χ0v) is 14.2. The van der Waals surface area contributed by atoms with E-state index in [1.807, 2.05) is 26.0 Å². The molecule has 0 bridgehead atoms. The molecule has 0 amide bonds. The number of hydrogen-bond donors (Lipinski definition) is 2. The molecule has 5 nitrogen and oxygen atoms in total. The molecule has 0 atom stereocenters. The second kappa shape index (κ2) is 7.57. The van der Waals surface area contributed by atoms with Crippen molar-refractivity contribution < 1.29 is 4.39 Å². The summed E-state index contributed by atoms with van der Waals surface area (Å²) in [5.41, 5.74) is 1.49. The van der Waals surface area contributed by atoms with Gasteiger partial charge in [-0.05, 0) is 48.7 Å². The van der Waals surface area contributed by atoms with Crippen LogP contribution in [0.3, 0.4) is 0 Å². The largest absolute Gasteiger partial charge is 0.355 e. The van der Waals surface area contributed by atoms with Crippen molar-refractivity contribution in [3.8, 4) is 0 Å². The highest BCUT2D eigenvalue weighted by Crippen LogP contribution is 2.24. The lowest BCUT2D eigenvalue weighted by molar-refractivity contribution is 0.598. The number of benzene rings is 1. The Labute approximate surface area is 142 Å². The minimum Gasteiger partial charge on any atom is -0.355 e. The summed E-state index contributed by atoms with van der Waals surface area (Å²) in [6, 6.07) is 6.96. The van der Waals surface area contributed by atoms with Crippen LogP contribution < -0.4 is 15.5 Å². The van der Waals surface area contributed by atoms with Gasteiger partial charge in [0.2, 0.25) is 5.95 Å². The molecule has 0 aliphatic carbocycles. The minimum absolute atomic E-state index is 0.128. The summed E-state index contributed by atoms with van der Waals surface area (Å²) in [5.74, 6) is 1.40. The number of hydrogen-bond acceptors (Lipinski definition) is 5. The molecule has 6 heteroatoms. The second-order valence-electron chi connectivity index (χ2n) is 6.35. The van der Waals surface area contributed by atoms with E-state index < -0.39 is 0 Å². The Bertz CT molecular complexity index is 681. The Balaban J connectivity index is 1.78. The van der Waals surface area contributed by atoms with E-state index in [1.54, 1.807) is 12.3 Å². The SMILES string of the molecule is CC(C)c1cc(Nc2nccc(N3CCCNCC3)n2)ccc1F. The van der Waals surface area contributed by atoms with Crippen LogP contribution in [0, 0.1) is 5.82 Å². The summed E-state index contributed by atoms with van der Waals surface area (Å²) in [6.45, 7) is 7.88. The molecule has 1 fully saturated rings. The zero-order valence-electron chi connectivity index (χ0n) is 14.2. The van der Waals surface area contributed by atoms with Crippen LogP contribution >= 0.6 is 0 Å². The van der Waals surface area contributed by atoms with Crippen molar-refractivity contribution in [3.63, 3.8) is 0 Å². The highest BCUT2D eigenvalue weighted by molar-refractivity contribution is 5.56. The Kier molecular flexibility index (Phi) is 5.25. The highest BCUT2D eigenvalue weighted by atomic mass is 19.1. The van der Waals surface area contributed by atoms with Gasteiger partial charge in [0, 0.05) is 31.5 Å². The van der Waals surface area contributed by atoms with Crippen LogP contribution in [0.5, 0.6) is 0 Å². The van der Waals surface area contributed by atoms with Crippen LogP contribution in [0.2, 0.25) is 0 Å². The first kappa shape index (κ1) is 16.6. The fraction of sp³-hybridized carbons (Fsp3) is 0.444. The highest BCUT2D eigenvalue weighted by Gasteiger charge is 2.12. The summed E-state index contributed by atoms with van der Waals surface area (Å²) in [4.78, 5) is 11.2. The molecule has 0 unspecified atom stereocenters. The topological polar surface area (TPSA) is 53.1 Å². The fourth-order valence-electron chi connectivity index (χ4n) is 2.85. The molecular formula is C18H24FN5. The third kappa shape index (κ3) is 4.00. The van der Waals surface area contributed by atoms with Crippen LogP contribution in [0.4, 0.5) is 21.8 Å². The van der Waals surface area contributed by atoms with E-state index in [-0.39, 0.29) is 11.7 Å². The van der Waals surface area contributed by atoms with Crippen molar-refractivity contribution in [2.45, 2.75) is 26.2 Å². The Morgan fingerprint density at radius 3 is 2.92 bits per heavy atom. The first-order valence-electron chi connectivity index (χ1n) is 8.48. The van der Waals surface area contributed by atoms with Gasteiger partial charge in [-0.15, -0.1) is 0 Å². The van der Waals surface area contributed by atoms with Crippen molar-refractivity contribution in [2.75, 3.05) is 36.4 Å². The number of anilines is 3. The Hall–Kier alpha value is -2.21. The maximum atomic E-state index is 13.8. The smallest absolute Gasteiger partial charge is 0.229 e. The number of nitrogens with zero attached hydrogens (tertiary/aromatic N) is 3. The minimum atomic E-state index is -0.178. The molecule has 3 rings (SSSR count). The molecule has 1 aliphatic rings. The summed E-state index contributed by atoms with van der Waals surface area (Å²) in [5, 5.41) is 6.58. The van der Waals surface area contributed by atoms with E-state index >= 15 is 0 Å². The maximum absolute atomic E-state index is 13.8. The molecule has 1 aromatic heterocycles. The lowest BCUT2D eigenvalue weighted by atomic mass is 10.0. The molecule has 0 saturated carbocycles. The molecule has 2 heterocycles. The van der Waals surface area contributed by atoms with Crippen LogP contribution in [0.1, 0.15) is 31.7 Å². The predicted octanol–water partition coefficient (Wildman–Crippen LogP) is 3.28. The first-order chi connectivity index (χ1) is 11.6. The molecule has 24 heavy (non-hydrogen) atoms. The van der Waals surface area contributed by atoms with E-state index in [0.29, 0.717) is 11.5 Å². The predicted molar refractivity (Wildman–Crippen MR) is 95.5 cm³/mol. The van der Waals surface area contributed by atoms with E-state index in [0.717, 1.165) is 44.1 Å². The lowest BCUT2D eigenvalue weighted by Crippen LogP contribution is -2.28. The molecule has 2 N–H and O–H groups in total. The van der Waals surface area contributed by atoms with Gasteiger partial charge in [0.1, 0.15) is 11.6 Å². The number of halogens is 1. The Morgan fingerprint density at radius 2 is 2.08 bits per heavy atom. The molecule has 1 aliphatic heterocycles. The molecule has 128 valence electrons. The number of aromatic nitrogens is 2. The average Bonchev–Trinajstić information content (AvgIpc) is 2.86. The van der Waals surface area contributed by atoms with Gasteiger partial charge in [0.05, 0.1) is 0 Å². The number of nitrogens with one attached hydrogen (secondary N) is 2. The van der Waals surface area contributed by atoms with Crippen molar-refractivity contribution in [1.82, 2.24) is 15.3 Å². The van der Waals surface area contributed by atoms with Gasteiger partial charge in [0.25, 0.3) is 0 Å². The van der Waals surface area contributed by atoms with Gasteiger partial charge >= 0.3 is 0 Å². The van der Waals surface area contributed by atoms with Crippen LogP contribution in [-0.4, -0.2) is 36.1 Å². The van der Waals surface area contributed by atoms with Crippen LogP contribution in [0.15, 0.2) is 30.5 Å². The maximum Gasteiger partial charge on any atom is 0.229 e.